The number of carbonyl (C=O) groups is 1. The zero-order valence-corrected chi connectivity index (χ0v) is 15.8. The van der Waals surface area contributed by atoms with Crippen molar-refractivity contribution in [2.24, 2.45) is 11.8 Å². The first kappa shape index (κ1) is 17.0. The van der Waals surface area contributed by atoms with Gasteiger partial charge in [0.05, 0.1) is 17.3 Å². The summed E-state index contributed by atoms with van der Waals surface area (Å²) in [4.78, 5) is 12.4. The van der Waals surface area contributed by atoms with Gasteiger partial charge in [-0.25, -0.2) is 0 Å². The quantitative estimate of drug-likeness (QED) is 0.622. The third kappa shape index (κ3) is 2.81. The third-order valence-electron chi connectivity index (χ3n) is 5.89. The van der Waals surface area contributed by atoms with Crippen molar-refractivity contribution in [2.45, 2.75) is 24.5 Å². The van der Waals surface area contributed by atoms with Crippen molar-refractivity contribution in [1.82, 2.24) is 15.5 Å². The van der Waals surface area contributed by atoms with Crippen molar-refractivity contribution in [3.8, 4) is 0 Å². The van der Waals surface area contributed by atoms with Gasteiger partial charge in [0, 0.05) is 27.0 Å². The van der Waals surface area contributed by atoms with Gasteiger partial charge in [-0.2, -0.15) is 5.10 Å². The van der Waals surface area contributed by atoms with Crippen LogP contribution in [-0.4, -0.2) is 27.3 Å². The molecule has 138 valence electrons. The summed E-state index contributed by atoms with van der Waals surface area (Å²) in [5.41, 5.74) is 1.24. The minimum atomic E-state index is -0.945. The molecule has 2 aromatic carbocycles. The second-order valence-electron chi connectivity index (χ2n) is 7.56. The van der Waals surface area contributed by atoms with Crippen molar-refractivity contribution >= 4 is 40.0 Å². The van der Waals surface area contributed by atoms with Crippen LogP contribution < -0.4 is 5.32 Å². The number of aromatic amines is 1. The molecule has 0 spiro atoms. The summed E-state index contributed by atoms with van der Waals surface area (Å²) in [6.45, 7) is 0. The summed E-state index contributed by atoms with van der Waals surface area (Å²) in [7, 11) is 0. The Labute approximate surface area is 165 Å². The molecule has 1 amide bonds. The van der Waals surface area contributed by atoms with Gasteiger partial charge in [-0.05, 0) is 60.6 Å². The van der Waals surface area contributed by atoms with E-state index in [9.17, 15) is 9.90 Å². The summed E-state index contributed by atoms with van der Waals surface area (Å²) in [5.74, 6) is 0.401. The Bertz CT molecular complexity index is 1050. The summed E-state index contributed by atoms with van der Waals surface area (Å²) in [6, 6.07) is 10.6. The maximum absolute atomic E-state index is 12.4. The van der Waals surface area contributed by atoms with Crippen molar-refractivity contribution in [3.63, 3.8) is 0 Å². The lowest BCUT2D eigenvalue weighted by atomic mass is 9.86. The summed E-state index contributed by atoms with van der Waals surface area (Å²) in [6.07, 6.45) is 2.92. The van der Waals surface area contributed by atoms with Crippen LogP contribution in [-0.2, 0) is 5.60 Å². The first-order valence-electron chi connectivity index (χ1n) is 8.86. The molecule has 2 aliphatic rings. The predicted molar refractivity (Wildman–Crippen MR) is 104 cm³/mol. The Hall–Kier alpha value is -2.08. The summed E-state index contributed by atoms with van der Waals surface area (Å²) in [5, 5.41) is 23.3. The van der Waals surface area contributed by atoms with Crippen LogP contribution >= 0.6 is 23.2 Å². The predicted octanol–water partition coefficient (Wildman–Crippen LogP) is 3.90. The lowest BCUT2D eigenvalue weighted by Crippen LogP contribution is -2.33. The standard InChI is InChI=1S/C20H17Cl2N3O2/c21-11-3-1-2-10(4-11)19(26)24-18-13-7-20(27,8-14(13)18)16-5-12(22)6-17-15(16)9-23-25-17/h1-6,9,13-14,18,27H,7-8H2,(H,23,25)(H,24,26)/t13-,14+,18?,20?. The van der Waals surface area contributed by atoms with Gasteiger partial charge in [0.15, 0.2) is 0 Å². The van der Waals surface area contributed by atoms with Gasteiger partial charge in [-0.15, -0.1) is 0 Å². The number of nitrogens with one attached hydrogen (secondary N) is 2. The number of aromatic nitrogens is 2. The molecule has 3 N–H and O–H groups in total. The number of amides is 1. The molecule has 0 saturated heterocycles. The molecular weight excluding hydrogens is 385 g/mol. The molecule has 2 unspecified atom stereocenters. The SMILES string of the molecule is O=C(NC1[C@H]2CC(O)(c3cc(Cl)cc4[nH]ncc34)C[C@@H]12)c1cccc(Cl)c1. The Morgan fingerprint density at radius 1 is 1.19 bits per heavy atom. The van der Waals surface area contributed by atoms with Crippen molar-refractivity contribution in [2.75, 3.05) is 0 Å². The van der Waals surface area contributed by atoms with E-state index in [-0.39, 0.29) is 23.8 Å². The fourth-order valence-electron chi connectivity index (χ4n) is 4.56. The number of hydrogen-bond donors (Lipinski definition) is 3. The van der Waals surface area contributed by atoms with E-state index in [4.69, 9.17) is 23.2 Å². The lowest BCUT2D eigenvalue weighted by molar-refractivity contribution is 0.0293. The van der Waals surface area contributed by atoms with Crippen LogP contribution in [0.25, 0.3) is 10.9 Å². The normalized spacial score (nSPS) is 28.9. The van der Waals surface area contributed by atoms with E-state index in [0.717, 1.165) is 16.5 Å². The second-order valence-corrected chi connectivity index (χ2v) is 8.43. The highest BCUT2D eigenvalue weighted by Gasteiger charge is 2.62. The van der Waals surface area contributed by atoms with Crippen molar-refractivity contribution < 1.29 is 9.90 Å². The van der Waals surface area contributed by atoms with Gasteiger partial charge in [0.25, 0.3) is 5.91 Å². The van der Waals surface area contributed by atoms with Crippen LogP contribution in [0.5, 0.6) is 0 Å². The summed E-state index contributed by atoms with van der Waals surface area (Å²) < 4.78 is 0. The molecule has 1 heterocycles. The van der Waals surface area contributed by atoms with E-state index >= 15 is 0 Å². The molecule has 2 aliphatic carbocycles. The molecule has 1 aromatic heterocycles. The highest BCUT2D eigenvalue weighted by molar-refractivity contribution is 6.31. The van der Waals surface area contributed by atoms with Gasteiger partial charge in [-0.3, -0.25) is 9.89 Å². The average Bonchev–Trinajstić information content (AvgIpc) is 3.01. The molecule has 5 rings (SSSR count). The molecule has 2 saturated carbocycles. The molecule has 0 aliphatic heterocycles. The fraction of sp³-hybridized carbons (Fsp3) is 0.300. The Kier molecular flexibility index (Phi) is 3.76. The monoisotopic (exact) mass is 401 g/mol. The van der Waals surface area contributed by atoms with E-state index in [0.29, 0.717) is 28.5 Å². The number of carbonyl (C=O) groups excluding carboxylic acids is 1. The fourth-order valence-corrected chi connectivity index (χ4v) is 4.97. The minimum absolute atomic E-state index is 0.0933. The molecule has 4 atom stereocenters. The molecule has 0 radical (unpaired) electrons. The minimum Gasteiger partial charge on any atom is -0.385 e. The molecular formula is C20H17Cl2N3O2. The van der Waals surface area contributed by atoms with Gasteiger partial charge >= 0.3 is 0 Å². The Morgan fingerprint density at radius 2 is 1.96 bits per heavy atom. The third-order valence-corrected chi connectivity index (χ3v) is 6.34. The zero-order chi connectivity index (χ0) is 18.8. The maximum Gasteiger partial charge on any atom is 0.251 e. The van der Waals surface area contributed by atoms with Crippen LogP contribution in [0, 0.1) is 11.8 Å². The van der Waals surface area contributed by atoms with Crippen LogP contribution in [0.2, 0.25) is 10.0 Å². The van der Waals surface area contributed by atoms with Gasteiger partial charge in [0.2, 0.25) is 0 Å². The first-order chi connectivity index (χ1) is 12.9. The number of rotatable bonds is 3. The van der Waals surface area contributed by atoms with Gasteiger partial charge in [0.1, 0.15) is 0 Å². The molecule has 27 heavy (non-hydrogen) atoms. The Morgan fingerprint density at radius 3 is 2.70 bits per heavy atom. The smallest absolute Gasteiger partial charge is 0.251 e. The second kappa shape index (κ2) is 5.96. The zero-order valence-electron chi connectivity index (χ0n) is 14.2. The summed E-state index contributed by atoms with van der Waals surface area (Å²) >= 11 is 12.2. The number of halogens is 2. The highest BCUT2D eigenvalue weighted by Crippen LogP contribution is 2.60. The van der Waals surface area contributed by atoms with E-state index in [1.807, 2.05) is 6.07 Å². The van der Waals surface area contributed by atoms with E-state index < -0.39 is 5.60 Å². The molecule has 0 bridgehead atoms. The van der Waals surface area contributed by atoms with Crippen molar-refractivity contribution in [3.05, 3.63) is 63.8 Å². The number of aliphatic hydroxyl groups is 1. The van der Waals surface area contributed by atoms with E-state index in [2.05, 4.69) is 15.5 Å². The Balaban J connectivity index is 1.33. The molecule has 7 heteroatoms. The van der Waals surface area contributed by atoms with Crippen LogP contribution in [0.3, 0.4) is 0 Å². The van der Waals surface area contributed by atoms with E-state index in [1.54, 1.807) is 36.5 Å². The number of hydrogen-bond acceptors (Lipinski definition) is 3. The number of benzene rings is 2. The molecule has 2 fully saturated rings. The van der Waals surface area contributed by atoms with Gasteiger partial charge in [-0.1, -0.05) is 29.3 Å². The lowest BCUT2D eigenvalue weighted by Gasteiger charge is -2.27. The van der Waals surface area contributed by atoms with Crippen LogP contribution in [0.15, 0.2) is 42.6 Å². The first-order valence-corrected chi connectivity index (χ1v) is 9.62. The number of H-pyrrole nitrogens is 1. The molecule has 5 nitrogen and oxygen atoms in total. The average molecular weight is 402 g/mol. The van der Waals surface area contributed by atoms with Crippen molar-refractivity contribution in [1.29, 1.82) is 0 Å². The number of nitrogens with zero attached hydrogens (tertiary/aromatic N) is 1. The maximum atomic E-state index is 12.4. The topological polar surface area (TPSA) is 78.0 Å². The number of fused-ring (bicyclic) bond motifs is 2. The van der Waals surface area contributed by atoms with Crippen LogP contribution in [0.4, 0.5) is 0 Å². The van der Waals surface area contributed by atoms with Gasteiger partial charge < -0.3 is 10.4 Å². The molecule has 3 aromatic rings. The largest absolute Gasteiger partial charge is 0.385 e. The highest BCUT2D eigenvalue weighted by atomic mass is 35.5. The van der Waals surface area contributed by atoms with Crippen LogP contribution in [0.1, 0.15) is 28.8 Å². The van der Waals surface area contributed by atoms with E-state index in [1.165, 1.54) is 0 Å².